The third-order valence-corrected chi connectivity index (χ3v) is 4.18. The molecule has 0 radical (unpaired) electrons. The van der Waals surface area contributed by atoms with Gasteiger partial charge in [0.1, 0.15) is 0 Å². The third-order valence-electron chi connectivity index (χ3n) is 3.44. The molecule has 1 saturated heterocycles. The van der Waals surface area contributed by atoms with Crippen LogP contribution in [0.15, 0.2) is 36.9 Å². The molecule has 1 aromatic rings. The number of ether oxygens (including phenoxy) is 1. The Morgan fingerprint density at radius 1 is 1.33 bits per heavy atom. The molecule has 0 spiro atoms. The largest absolute Gasteiger partial charge is 0.373 e. The second-order valence-electron chi connectivity index (χ2n) is 5.34. The number of benzene rings is 1. The van der Waals surface area contributed by atoms with Gasteiger partial charge in [0, 0.05) is 24.3 Å². The van der Waals surface area contributed by atoms with Crippen LogP contribution in [0.1, 0.15) is 10.4 Å². The Morgan fingerprint density at radius 2 is 1.96 bits per heavy atom. The summed E-state index contributed by atoms with van der Waals surface area (Å²) in [5.41, 5.74) is 1.07. The highest BCUT2D eigenvalue weighted by Gasteiger charge is 2.31. The predicted octanol–water partition coefficient (Wildman–Crippen LogP) is -0.0594. The van der Waals surface area contributed by atoms with Gasteiger partial charge in [-0.2, -0.15) is 0 Å². The minimum absolute atomic E-state index is 0.0171. The summed E-state index contributed by atoms with van der Waals surface area (Å²) in [5.74, 6) is -0.714. The normalized spacial score (nSPS) is 14.8. The highest BCUT2D eigenvalue weighted by Crippen LogP contribution is 2.17. The van der Waals surface area contributed by atoms with Crippen molar-refractivity contribution < 1.29 is 22.7 Å². The number of nitrogens with one attached hydrogen (secondary N) is 1. The van der Waals surface area contributed by atoms with Gasteiger partial charge in [-0.1, -0.05) is 6.58 Å². The zero-order valence-electron chi connectivity index (χ0n) is 13.0. The predicted molar refractivity (Wildman–Crippen MR) is 88.9 cm³/mol. The van der Waals surface area contributed by atoms with Crippen LogP contribution in [0, 0.1) is 0 Å². The topological polar surface area (TPSA) is 119 Å². The van der Waals surface area contributed by atoms with Crippen LogP contribution in [0.4, 0.5) is 5.69 Å². The van der Waals surface area contributed by atoms with Crippen molar-refractivity contribution in [2.45, 2.75) is 6.10 Å². The molecule has 2 rings (SSSR count). The molecule has 0 aromatic heterocycles. The molecule has 1 aliphatic heterocycles. The first-order valence-electron chi connectivity index (χ1n) is 7.23. The lowest BCUT2D eigenvalue weighted by molar-refractivity contribution is -0.111. The highest BCUT2D eigenvalue weighted by atomic mass is 32.2. The average molecular weight is 353 g/mol. The standard InChI is InChI=1S/C15H19N3O5S/c1-2-14(19)17-12-5-3-11(4-6-12)15(20)18-9-13(10-18)23-7-8-24(16,21)22/h2-6,13H,1,7-10H2,(H,17,19)(H2,16,21,22). The molecule has 0 saturated carbocycles. The lowest BCUT2D eigenvalue weighted by Gasteiger charge is -2.38. The molecule has 0 unspecified atom stereocenters. The van der Waals surface area contributed by atoms with E-state index in [4.69, 9.17) is 9.88 Å². The fourth-order valence-electron chi connectivity index (χ4n) is 2.11. The van der Waals surface area contributed by atoms with Crippen molar-refractivity contribution in [3.05, 3.63) is 42.5 Å². The number of nitrogens with zero attached hydrogens (tertiary/aromatic N) is 1. The molecule has 1 heterocycles. The average Bonchev–Trinajstić information content (AvgIpc) is 2.48. The van der Waals surface area contributed by atoms with Crippen molar-refractivity contribution in [1.82, 2.24) is 4.90 Å². The van der Waals surface area contributed by atoms with Gasteiger partial charge in [-0.05, 0) is 30.3 Å². The van der Waals surface area contributed by atoms with E-state index >= 15 is 0 Å². The van der Waals surface area contributed by atoms with Crippen molar-refractivity contribution >= 4 is 27.5 Å². The van der Waals surface area contributed by atoms with Gasteiger partial charge in [-0.15, -0.1) is 0 Å². The molecule has 1 fully saturated rings. The van der Waals surface area contributed by atoms with E-state index in [1.165, 1.54) is 0 Å². The molecule has 3 N–H and O–H groups in total. The second kappa shape index (κ2) is 7.56. The number of primary sulfonamides is 1. The molecular formula is C15H19N3O5S. The van der Waals surface area contributed by atoms with Crippen molar-refractivity contribution in [2.75, 3.05) is 30.8 Å². The van der Waals surface area contributed by atoms with Crippen LogP contribution < -0.4 is 10.5 Å². The molecule has 9 heteroatoms. The Labute approximate surface area is 140 Å². The first-order valence-corrected chi connectivity index (χ1v) is 8.95. The van der Waals surface area contributed by atoms with E-state index in [-0.39, 0.29) is 30.3 Å². The molecule has 0 bridgehead atoms. The third kappa shape index (κ3) is 5.15. The summed E-state index contributed by atoms with van der Waals surface area (Å²) in [4.78, 5) is 25.0. The maximum atomic E-state index is 12.2. The van der Waals surface area contributed by atoms with E-state index in [0.717, 1.165) is 6.08 Å². The van der Waals surface area contributed by atoms with Gasteiger partial charge in [-0.3, -0.25) is 9.59 Å². The van der Waals surface area contributed by atoms with E-state index < -0.39 is 10.0 Å². The molecule has 8 nitrogen and oxygen atoms in total. The van der Waals surface area contributed by atoms with E-state index in [1.807, 2.05) is 0 Å². The van der Waals surface area contributed by atoms with Gasteiger partial charge < -0.3 is 15.0 Å². The Morgan fingerprint density at radius 3 is 2.50 bits per heavy atom. The number of hydrogen-bond donors (Lipinski definition) is 2. The molecule has 130 valence electrons. The van der Waals surface area contributed by atoms with Crippen LogP contribution >= 0.6 is 0 Å². The number of hydrogen-bond acceptors (Lipinski definition) is 5. The van der Waals surface area contributed by atoms with Gasteiger partial charge in [0.15, 0.2) is 0 Å². The number of carbonyl (C=O) groups excluding carboxylic acids is 2. The van der Waals surface area contributed by atoms with Gasteiger partial charge >= 0.3 is 0 Å². The Balaban J connectivity index is 1.79. The Bertz CT molecular complexity index is 724. The summed E-state index contributed by atoms with van der Waals surface area (Å²) in [6, 6.07) is 6.51. The molecule has 0 aliphatic carbocycles. The summed E-state index contributed by atoms with van der Waals surface area (Å²) >= 11 is 0. The van der Waals surface area contributed by atoms with Crippen LogP contribution in [0.5, 0.6) is 0 Å². The number of sulfonamides is 1. The van der Waals surface area contributed by atoms with E-state index in [1.54, 1.807) is 29.2 Å². The highest BCUT2D eigenvalue weighted by molar-refractivity contribution is 7.89. The quantitative estimate of drug-likeness (QED) is 0.666. The Kier molecular flexibility index (Phi) is 5.71. The van der Waals surface area contributed by atoms with Crippen LogP contribution in [0.2, 0.25) is 0 Å². The molecule has 1 aromatic carbocycles. The minimum atomic E-state index is -3.53. The van der Waals surface area contributed by atoms with Gasteiger partial charge in [-0.25, -0.2) is 13.6 Å². The minimum Gasteiger partial charge on any atom is -0.373 e. The van der Waals surface area contributed by atoms with Crippen LogP contribution in [-0.2, 0) is 19.6 Å². The summed E-state index contributed by atoms with van der Waals surface area (Å²) in [6.07, 6.45) is 0.983. The van der Waals surface area contributed by atoms with Gasteiger partial charge in [0.25, 0.3) is 5.91 Å². The fourth-order valence-corrected chi connectivity index (χ4v) is 2.44. The first-order chi connectivity index (χ1) is 11.3. The van der Waals surface area contributed by atoms with Gasteiger partial charge in [0.05, 0.1) is 18.5 Å². The lowest BCUT2D eigenvalue weighted by Crippen LogP contribution is -2.55. The van der Waals surface area contributed by atoms with E-state index in [9.17, 15) is 18.0 Å². The first kappa shape index (κ1) is 18.1. The number of rotatable bonds is 7. The van der Waals surface area contributed by atoms with E-state index in [2.05, 4.69) is 11.9 Å². The smallest absolute Gasteiger partial charge is 0.254 e. The monoisotopic (exact) mass is 353 g/mol. The zero-order valence-corrected chi connectivity index (χ0v) is 13.8. The second-order valence-corrected chi connectivity index (χ2v) is 7.07. The van der Waals surface area contributed by atoms with Crippen molar-refractivity contribution in [1.29, 1.82) is 0 Å². The van der Waals surface area contributed by atoms with Crippen molar-refractivity contribution in [3.63, 3.8) is 0 Å². The summed E-state index contributed by atoms with van der Waals surface area (Å²) in [5, 5.41) is 7.48. The number of amides is 2. The number of carbonyl (C=O) groups is 2. The maximum Gasteiger partial charge on any atom is 0.254 e. The van der Waals surface area contributed by atoms with Crippen molar-refractivity contribution in [2.24, 2.45) is 5.14 Å². The number of nitrogens with two attached hydrogens (primary N) is 1. The Hall–Kier alpha value is -2.23. The summed E-state index contributed by atoms with van der Waals surface area (Å²) in [7, 11) is -3.53. The van der Waals surface area contributed by atoms with Crippen LogP contribution in [0.25, 0.3) is 0 Å². The van der Waals surface area contributed by atoms with Crippen LogP contribution in [-0.4, -0.2) is 56.7 Å². The van der Waals surface area contributed by atoms with Crippen molar-refractivity contribution in [3.8, 4) is 0 Å². The van der Waals surface area contributed by atoms with Gasteiger partial charge in [0.2, 0.25) is 15.9 Å². The number of anilines is 1. The van der Waals surface area contributed by atoms with E-state index in [0.29, 0.717) is 24.3 Å². The molecule has 24 heavy (non-hydrogen) atoms. The summed E-state index contributed by atoms with van der Waals surface area (Å²) in [6.45, 7) is 4.18. The molecule has 2 amide bonds. The van der Waals surface area contributed by atoms with Crippen LogP contribution in [0.3, 0.4) is 0 Å². The zero-order chi connectivity index (χ0) is 17.7. The maximum absolute atomic E-state index is 12.2. The molecule has 0 atom stereocenters. The molecule has 1 aliphatic rings. The summed E-state index contributed by atoms with van der Waals surface area (Å²) < 4.78 is 26.9. The SMILES string of the molecule is C=CC(=O)Nc1ccc(C(=O)N2CC(OCCS(N)(=O)=O)C2)cc1. The lowest BCUT2D eigenvalue weighted by atomic mass is 10.1. The fraction of sp³-hybridized carbons (Fsp3) is 0.333. The molecular weight excluding hydrogens is 334 g/mol. The number of likely N-dealkylation sites (tertiary alicyclic amines) is 1.